The van der Waals surface area contributed by atoms with Crippen LogP contribution in [0, 0.1) is 0 Å². The molecule has 0 atom stereocenters. The lowest BCUT2D eigenvalue weighted by molar-refractivity contribution is 0.210. The van der Waals surface area contributed by atoms with E-state index in [4.69, 9.17) is 31.5 Å². The molecule has 0 fully saturated rings. The van der Waals surface area contributed by atoms with Crippen LogP contribution in [0.25, 0.3) is 0 Å². The predicted molar refractivity (Wildman–Crippen MR) is 83.3 cm³/mol. The number of ether oxygens (including phenoxy) is 3. The minimum absolute atomic E-state index is 0.394. The highest BCUT2D eigenvalue weighted by Crippen LogP contribution is 2.26. The zero-order chi connectivity index (χ0) is 15.1. The fourth-order valence-electron chi connectivity index (χ4n) is 1.87. The van der Waals surface area contributed by atoms with Gasteiger partial charge in [-0.2, -0.15) is 0 Å². The maximum absolute atomic E-state index is 5.95. The largest absolute Gasteiger partial charge is 0.493 e. The van der Waals surface area contributed by atoms with Crippen molar-refractivity contribution in [1.82, 2.24) is 0 Å². The molecule has 0 saturated carbocycles. The van der Waals surface area contributed by atoms with Gasteiger partial charge in [0, 0.05) is 17.1 Å². The van der Waals surface area contributed by atoms with Gasteiger partial charge in [0.15, 0.2) is 11.5 Å². The number of nitrogens with two attached hydrogens (primary N) is 1. The van der Waals surface area contributed by atoms with Crippen LogP contribution in [0.1, 0.15) is 5.56 Å². The number of hydrogen-bond acceptors (Lipinski definition) is 4. The molecule has 21 heavy (non-hydrogen) atoms. The molecule has 0 aliphatic heterocycles. The Bertz CT molecular complexity index is 589. The van der Waals surface area contributed by atoms with Crippen molar-refractivity contribution < 1.29 is 14.2 Å². The monoisotopic (exact) mass is 307 g/mol. The number of hydrogen-bond donors (Lipinski definition) is 1. The quantitative estimate of drug-likeness (QED) is 0.798. The van der Waals surface area contributed by atoms with E-state index in [0.29, 0.717) is 42.0 Å². The maximum atomic E-state index is 5.95. The van der Waals surface area contributed by atoms with Gasteiger partial charge in [-0.3, -0.25) is 0 Å². The molecule has 0 heterocycles. The second kappa shape index (κ2) is 7.76. The minimum atomic E-state index is 0.394. The van der Waals surface area contributed by atoms with E-state index in [1.54, 1.807) is 19.2 Å². The standard InChI is InChI=1S/C16H18ClNO3/c1-19-14-4-2-3-5-15(14)20-8-9-21-16-10-13(17)7-6-12(16)11-18/h2-7,10H,8-9,11,18H2,1H3. The SMILES string of the molecule is COc1ccccc1OCCOc1cc(Cl)ccc1CN. The third-order valence-electron chi connectivity index (χ3n) is 2.92. The first-order chi connectivity index (χ1) is 10.2. The molecule has 0 bridgehead atoms. The normalized spacial score (nSPS) is 10.2. The summed E-state index contributed by atoms with van der Waals surface area (Å²) in [4.78, 5) is 0. The lowest BCUT2D eigenvalue weighted by atomic mass is 10.2. The lowest BCUT2D eigenvalue weighted by Crippen LogP contribution is -2.11. The summed E-state index contributed by atoms with van der Waals surface area (Å²) in [5.74, 6) is 2.07. The highest BCUT2D eigenvalue weighted by Gasteiger charge is 2.05. The summed E-state index contributed by atoms with van der Waals surface area (Å²) >= 11 is 5.95. The molecule has 0 aromatic heterocycles. The molecule has 0 unspecified atom stereocenters. The van der Waals surface area contributed by atoms with Crippen LogP contribution in [0.2, 0.25) is 5.02 Å². The van der Waals surface area contributed by atoms with E-state index in [2.05, 4.69) is 0 Å². The summed E-state index contributed by atoms with van der Waals surface area (Å²) < 4.78 is 16.5. The summed E-state index contributed by atoms with van der Waals surface area (Å²) in [5.41, 5.74) is 6.58. The maximum Gasteiger partial charge on any atom is 0.161 e. The number of rotatable bonds is 7. The Morgan fingerprint density at radius 2 is 1.62 bits per heavy atom. The molecule has 0 spiro atoms. The van der Waals surface area contributed by atoms with Crippen molar-refractivity contribution in [3.63, 3.8) is 0 Å². The van der Waals surface area contributed by atoms with Crippen molar-refractivity contribution >= 4 is 11.6 Å². The predicted octanol–water partition coefficient (Wildman–Crippen LogP) is 3.27. The van der Waals surface area contributed by atoms with Crippen LogP contribution in [0.5, 0.6) is 17.2 Å². The summed E-state index contributed by atoms with van der Waals surface area (Å²) in [6.07, 6.45) is 0. The van der Waals surface area contributed by atoms with Crippen molar-refractivity contribution in [3.05, 3.63) is 53.1 Å². The van der Waals surface area contributed by atoms with Gasteiger partial charge in [0.2, 0.25) is 0 Å². The first kappa shape index (κ1) is 15.5. The summed E-state index contributed by atoms with van der Waals surface area (Å²) in [5, 5.41) is 0.618. The number of para-hydroxylation sites is 2. The average Bonchev–Trinajstić information content (AvgIpc) is 2.52. The Labute approximate surface area is 129 Å². The zero-order valence-corrected chi connectivity index (χ0v) is 12.6. The van der Waals surface area contributed by atoms with E-state index in [1.807, 2.05) is 30.3 Å². The molecule has 2 aromatic carbocycles. The Morgan fingerprint density at radius 3 is 2.29 bits per heavy atom. The molecule has 0 radical (unpaired) electrons. The fraction of sp³-hybridized carbons (Fsp3) is 0.250. The zero-order valence-electron chi connectivity index (χ0n) is 11.8. The minimum Gasteiger partial charge on any atom is -0.493 e. The third kappa shape index (κ3) is 4.28. The van der Waals surface area contributed by atoms with Crippen LogP contribution in [0.3, 0.4) is 0 Å². The fourth-order valence-corrected chi connectivity index (χ4v) is 2.03. The van der Waals surface area contributed by atoms with E-state index in [0.717, 1.165) is 5.56 Å². The molecule has 2 rings (SSSR count). The van der Waals surface area contributed by atoms with Crippen LogP contribution < -0.4 is 19.9 Å². The molecule has 0 aliphatic carbocycles. The molecule has 0 saturated heterocycles. The van der Waals surface area contributed by atoms with Gasteiger partial charge in [-0.25, -0.2) is 0 Å². The van der Waals surface area contributed by atoms with Crippen LogP contribution in [-0.4, -0.2) is 20.3 Å². The second-order valence-corrected chi connectivity index (χ2v) is 4.74. The Kier molecular flexibility index (Phi) is 5.72. The Hall–Kier alpha value is -1.91. The highest BCUT2D eigenvalue weighted by molar-refractivity contribution is 6.30. The van der Waals surface area contributed by atoms with Crippen LogP contribution >= 0.6 is 11.6 Å². The van der Waals surface area contributed by atoms with E-state index in [1.165, 1.54) is 0 Å². The molecule has 4 nitrogen and oxygen atoms in total. The van der Waals surface area contributed by atoms with Gasteiger partial charge < -0.3 is 19.9 Å². The molecular weight excluding hydrogens is 290 g/mol. The number of methoxy groups -OCH3 is 1. The van der Waals surface area contributed by atoms with Gasteiger partial charge >= 0.3 is 0 Å². The van der Waals surface area contributed by atoms with Crippen LogP contribution in [0.15, 0.2) is 42.5 Å². The van der Waals surface area contributed by atoms with Crippen molar-refractivity contribution in [1.29, 1.82) is 0 Å². The van der Waals surface area contributed by atoms with Gasteiger partial charge in [0.1, 0.15) is 19.0 Å². The van der Waals surface area contributed by atoms with Crippen molar-refractivity contribution in [2.75, 3.05) is 20.3 Å². The first-order valence-corrected chi connectivity index (χ1v) is 6.99. The Balaban J connectivity index is 1.89. The van der Waals surface area contributed by atoms with Crippen LogP contribution in [-0.2, 0) is 6.54 Å². The van der Waals surface area contributed by atoms with E-state index in [-0.39, 0.29) is 0 Å². The van der Waals surface area contributed by atoms with Gasteiger partial charge in [-0.15, -0.1) is 0 Å². The summed E-state index contributed by atoms with van der Waals surface area (Å²) in [7, 11) is 1.61. The smallest absolute Gasteiger partial charge is 0.161 e. The summed E-state index contributed by atoms with van der Waals surface area (Å²) in [6, 6.07) is 12.9. The molecule has 112 valence electrons. The summed E-state index contributed by atoms with van der Waals surface area (Å²) in [6.45, 7) is 1.20. The van der Waals surface area contributed by atoms with E-state index < -0.39 is 0 Å². The molecule has 0 amide bonds. The second-order valence-electron chi connectivity index (χ2n) is 4.30. The molecule has 2 N–H and O–H groups in total. The van der Waals surface area contributed by atoms with Gasteiger partial charge in [-0.05, 0) is 24.3 Å². The van der Waals surface area contributed by atoms with E-state index >= 15 is 0 Å². The highest BCUT2D eigenvalue weighted by atomic mass is 35.5. The van der Waals surface area contributed by atoms with E-state index in [9.17, 15) is 0 Å². The average molecular weight is 308 g/mol. The van der Waals surface area contributed by atoms with Gasteiger partial charge in [0.25, 0.3) is 0 Å². The van der Waals surface area contributed by atoms with Gasteiger partial charge in [0.05, 0.1) is 7.11 Å². The topological polar surface area (TPSA) is 53.7 Å². The first-order valence-electron chi connectivity index (χ1n) is 6.61. The van der Waals surface area contributed by atoms with Crippen molar-refractivity contribution in [2.24, 2.45) is 5.73 Å². The molecular formula is C16H18ClNO3. The van der Waals surface area contributed by atoms with Crippen LogP contribution in [0.4, 0.5) is 0 Å². The molecule has 5 heteroatoms. The number of benzene rings is 2. The van der Waals surface area contributed by atoms with Crippen molar-refractivity contribution in [3.8, 4) is 17.2 Å². The lowest BCUT2D eigenvalue weighted by Gasteiger charge is -2.13. The molecule has 2 aromatic rings. The Morgan fingerprint density at radius 1 is 0.952 bits per heavy atom. The third-order valence-corrected chi connectivity index (χ3v) is 3.15. The number of halogens is 1. The molecule has 0 aliphatic rings. The van der Waals surface area contributed by atoms with Crippen molar-refractivity contribution in [2.45, 2.75) is 6.54 Å². The van der Waals surface area contributed by atoms with Gasteiger partial charge in [-0.1, -0.05) is 29.8 Å².